The molecule has 3 rings (SSSR count). The molecule has 0 bridgehead atoms. The van der Waals surface area contributed by atoms with E-state index in [4.69, 9.17) is 4.74 Å². The summed E-state index contributed by atoms with van der Waals surface area (Å²) in [6.45, 7) is 7.43. The second kappa shape index (κ2) is 12.4. The molecule has 2 unspecified atom stereocenters. The van der Waals surface area contributed by atoms with Gasteiger partial charge in [0.25, 0.3) is 0 Å². The second-order valence-corrected chi connectivity index (χ2v) is 7.52. The number of piperazine rings is 1. The van der Waals surface area contributed by atoms with E-state index < -0.39 is 0 Å². The van der Waals surface area contributed by atoms with Crippen molar-refractivity contribution in [3.8, 4) is 0 Å². The van der Waals surface area contributed by atoms with Gasteiger partial charge in [-0.15, -0.1) is 24.0 Å². The van der Waals surface area contributed by atoms with Crippen LogP contribution in [0.15, 0.2) is 29.3 Å². The van der Waals surface area contributed by atoms with E-state index in [2.05, 4.69) is 25.4 Å². The quantitative estimate of drug-likeness (QED) is 0.230. The topological polar surface area (TPSA) is 69.2 Å². The van der Waals surface area contributed by atoms with Crippen molar-refractivity contribution < 1.29 is 13.9 Å². The van der Waals surface area contributed by atoms with Crippen LogP contribution in [0.3, 0.4) is 0 Å². The van der Waals surface area contributed by atoms with E-state index >= 15 is 0 Å². The van der Waals surface area contributed by atoms with Gasteiger partial charge in [-0.3, -0.25) is 14.7 Å². The molecule has 1 heterocycles. The molecule has 2 atom stereocenters. The van der Waals surface area contributed by atoms with Gasteiger partial charge < -0.3 is 20.3 Å². The van der Waals surface area contributed by atoms with Gasteiger partial charge in [0.15, 0.2) is 5.96 Å². The van der Waals surface area contributed by atoms with Gasteiger partial charge in [0.05, 0.1) is 13.2 Å². The molecule has 2 fully saturated rings. The molecular weight excluding hydrogens is 500 g/mol. The lowest BCUT2D eigenvalue weighted by atomic mass is 10.1. The lowest BCUT2D eigenvalue weighted by Gasteiger charge is -2.36. The first-order valence-electron chi connectivity index (χ1n) is 10.4. The van der Waals surface area contributed by atoms with Crippen molar-refractivity contribution in [1.82, 2.24) is 20.4 Å². The van der Waals surface area contributed by atoms with Gasteiger partial charge in [-0.25, -0.2) is 4.39 Å². The van der Waals surface area contributed by atoms with E-state index in [0.29, 0.717) is 26.2 Å². The van der Waals surface area contributed by atoms with E-state index in [9.17, 15) is 9.18 Å². The number of amides is 1. The first kappa shape index (κ1) is 24.8. The summed E-state index contributed by atoms with van der Waals surface area (Å²) in [6.07, 6.45) is 0.922. The Kier molecular flexibility index (Phi) is 10.3. The fraction of sp³-hybridized carbons (Fsp3) is 0.619. The number of ether oxygens (including phenoxy) is 1. The number of carbonyl (C=O) groups excluding carboxylic acids is 1. The first-order valence-corrected chi connectivity index (χ1v) is 10.4. The maximum absolute atomic E-state index is 14.0. The first-order chi connectivity index (χ1) is 14.1. The number of rotatable bonds is 8. The van der Waals surface area contributed by atoms with Gasteiger partial charge >= 0.3 is 0 Å². The predicted octanol–water partition coefficient (Wildman–Crippen LogP) is 1.65. The number of methoxy groups -OCH3 is 1. The molecule has 168 valence electrons. The Hall–Kier alpha value is -1.46. The summed E-state index contributed by atoms with van der Waals surface area (Å²) in [5, 5.41) is 6.38. The molecule has 0 spiro atoms. The highest BCUT2D eigenvalue weighted by atomic mass is 127. The van der Waals surface area contributed by atoms with E-state index in [0.717, 1.165) is 44.1 Å². The number of guanidine groups is 1. The Labute approximate surface area is 195 Å². The highest BCUT2D eigenvalue weighted by Crippen LogP contribution is 2.41. The number of halogens is 2. The molecule has 1 aliphatic heterocycles. The number of hydrogen-bond acceptors (Lipinski definition) is 4. The zero-order valence-corrected chi connectivity index (χ0v) is 20.1. The predicted molar refractivity (Wildman–Crippen MR) is 127 cm³/mol. The van der Waals surface area contributed by atoms with Crippen LogP contribution in [0, 0.1) is 5.82 Å². The smallest absolute Gasteiger partial charge is 0.234 e. The molecule has 2 N–H and O–H groups in total. The van der Waals surface area contributed by atoms with Crippen molar-refractivity contribution in [2.45, 2.75) is 25.3 Å². The minimum absolute atomic E-state index is 0. The molecule has 7 nitrogen and oxygen atoms in total. The number of benzene rings is 1. The minimum Gasteiger partial charge on any atom is -0.383 e. The van der Waals surface area contributed by atoms with Gasteiger partial charge in [-0.2, -0.15) is 0 Å². The van der Waals surface area contributed by atoms with Crippen LogP contribution in [-0.2, 0) is 9.53 Å². The molecule has 1 aromatic carbocycles. The van der Waals surface area contributed by atoms with E-state index in [1.807, 2.05) is 19.1 Å². The summed E-state index contributed by atoms with van der Waals surface area (Å²) in [7, 11) is 1.62. The minimum atomic E-state index is -0.131. The third kappa shape index (κ3) is 7.05. The van der Waals surface area contributed by atoms with E-state index in [1.54, 1.807) is 13.2 Å². The summed E-state index contributed by atoms with van der Waals surface area (Å²) in [5.74, 6) is 0.992. The van der Waals surface area contributed by atoms with Crippen molar-refractivity contribution >= 4 is 35.8 Å². The van der Waals surface area contributed by atoms with Crippen LogP contribution in [0.25, 0.3) is 0 Å². The van der Waals surface area contributed by atoms with Crippen LogP contribution in [0.2, 0.25) is 0 Å². The number of nitrogens with one attached hydrogen (secondary N) is 2. The van der Waals surface area contributed by atoms with Crippen molar-refractivity contribution in [3.05, 3.63) is 35.6 Å². The van der Waals surface area contributed by atoms with Crippen molar-refractivity contribution in [2.75, 3.05) is 59.5 Å². The Balaban J connectivity index is 0.00000320. The Morgan fingerprint density at radius 1 is 1.27 bits per heavy atom. The van der Waals surface area contributed by atoms with Crippen LogP contribution in [0.4, 0.5) is 4.39 Å². The molecule has 2 aliphatic rings. The van der Waals surface area contributed by atoms with Gasteiger partial charge in [0.2, 0.25) is 5.91 Å². The summed E-state index contributed by atoms with van der Waals surface area (Å²) in [5.41, 5.74) is 0.783. The van der Waals surface area contributed by atoms with Crippen LogP contribution < -0.4 is 10.6 Å². The highest BCUT2D eigenvalue weighted by molar-refractivity contribution is 14.0. The fourth-order valence-electron chi connectivity index (χ4n) is 3.70. The number of carbonyl (C=O) groups is 1. The molecule has 9 heteroatoms. The molecule has 1 aromatic rings. The molecular formula is C21H33FIN5O2. The maximum Gasteiger partial charge on any atom is 0.234 e. The lowest BCUT2D eigenvalue weighted by Crippen LogP contribution is -2.54. The Morgan fingerprint density at radius 3 is 2.67 bits per heavy atom. The van der Waals surface area contributed by atoms with Crippen molar-refractivity contribution in [1.29, 1.82) is 0 Å². The third-order valence-electron chi connectivity index (χ3n) is 5.38. The number of nitrogens with zero attached hydrogens (tertiary/aromatic N) is 3. The summed E-state index contributed by atoms with van der Waals surface area (Å²) in [6, 6.07) is 7.23. The molecule has 1 aliphatic carbocycles. The average molecular weight is 533 g/mol. The van der Waals surface area contributed by atoms with Crippen molar-refractivity contribution in [3.63, 3.8) is 0 Å². The van der Waals surface area contributed by atoms with Crippen LogP contribution in [-0.4, -0.2) is 87.2 Å². The molecule has 1 saturated carbocycles. The van der Waals surface area contributed by atoms with Gasteiger partial charge in [-0.05, 0) is 25.0 Å². The monoisotopic (exact) mass is 533 g/mol. The van der Waals surface area contributed by atoms with Crippen LogP contribution >= 0.6 is 24.0 Å². The Bertz CT molecular complexity index is 712. The normalized spacial score (nSPS) is 21.7. The van der Waals surface area contributed by atoms with E-state index in [-0.39, 0.29) is 47.7 Å². The van der Waals surface area contributed by atoms with E-state index in [1.165, 1.54) is 6.07 Å². The molecule has 0 radical (unpaired) electrons. The summed E-state index contributed by atoms with van der Waals surface area (Å²) in [4.78, 5) is 21.0. The van der Waals surface area contributed by atoms with Gasteiger partial charge in [-0.1, -0.05) is 18.2 Å². The largest absolute Gasteiger partial charge is 0.383 e. The van der Waals surface area contributed by atoms with Gasteiger partial charge in [0.1, 0.15) is 5.82 Å². The van der Waals surface area contributed by atoms with Crippen molar-refractivity contribution in [2.24, 2.45) is 4.99 Å². The molecule has 1 amide bonds. The molecule has 30 heavy (non-hydrogen) atoms. The second-order valence-electron chi connectivity index (χ2n) is 7.52. The zero-order chi connectivity index (χ0) is 20.6. The molecule has 0 aromatic heterocycles. The number of hydrogen-bond donors (Lipinski definition) is 2. The third-order valence-corrected chi connectivity index (χ3v) is 5.38. The average Bonchev–Trinajstić information content (AvgIpc) is 3.48. The fourth-order valence-corrected chi connectivity index (χ4v) is 3.70. The SMILES string of the molecule is CCN=C(NC1CC1c1ccccc1F)N1CCN(CC(=O)NCCOC)CC1.I. The Morgan fingerprint density at radius 2 is 2.00 bits per heavy atom. The van der Waals surface area contributed by atoms with Crippen LogP contribution in [0.1, 0.15) is 24.8 Å². The van der Waals surface area contributed by atoms with Crippen LogP contribution in [0.5, 0.6) is 0 Å². The van der Waals surface area contributed by atoms with Gasteiger partial charge in [0, 0.05) is 58.3 Å². The summed E-state index contributed by atoms with van der Waals surface area (Å²) >= 11 is 0. The zero-order valence-electron chi connectivity index (χ0n) is 17.8. The number of aliphatic imine (C=N–C) groups is 1. The summed E-state index contributed by atoms with van der Waals surface area (Å²) < 4.78 is 19.0. The maximum atomic E-state index is 14.0. The highest BCUT2D eigenvalue weighted by Gasteiger charge is 2.41. The molecule has 1 saturated heterocycles. The lowest BCUT2D eigenvalue weighted by molar-refractivity contribution is -0.122. The standard InChI is InChI=1S/C21H32FN5O2.HI/c1-3-23-21(25-19-14-17(19)16-6-4-5-7-18(16)22)27-11-9-26(10-12-27)15-20(28)24-8-13-29-2;/h4-7,17,19H,3,8-15H2,1-2H3,(H,23,25)(H,24,28);1H.